The number of aromatic nitrogens is 1. The molecular formula is C20H19ClN2O4S. The molecule has 0 bridgehead atoms. The second kappa shape index (κ2) is 9.98. The number of benzene rings is 2. The Morgan fingerprint density at radius 3 is 2.71 bits per heavy atom. The van der Waals surface area contributed by atoms with Gasteiger partial charge in [0.1, 0.15) is 19.0 Å². The summed E-state index contributed by atoms with van der Waals surface area (Å²) in [4.78, 5) is 19.2. The van der Waals surface area contributed by atoms with Crippen LogP contribution in [0.2, 0.25) is 5.02 Å². The highest BCUT2D eigenvalue weighted by atomic mass is 35.5. The van der Waals surface area contributed by atoms with E-state index in [0.29, 0.717) is 35.3 Å². The highest BCUT2D eigenvalue weighted by Gasteiger charge is 2.07. The molecule has 6 nitrogen and oxygen atoms in total. The molecular weight excluding hydrogens is 400 g/mol. The molecule has 0 aliphatic rings. The van der Waals surface area contributed by atoms with Crippen molar-refractivity contribution < 1.29 is 14.7 Å². The van der Waals surface area contributed by atoms with Crippen LogP contribution >= 0.6 is 22.9 Å². The number of aromatic amines is 1. The van der Waals surface area contributed by atoms with Crippen LogP contribution in [0.1, 0.15) is 16.0 Å². The minimum absolute atomic E-state index is 0.0654. The zero-order chi connectivity index (χ0) is 19.8. The van der Waals surface area contributed by atoms with Crippen molar-refractivity contribution in [2.24, 2.45) is 0 Å². The zero-order valence-corrected chi connectivity index (χ0v) is 16.4. The van der Waals surface area contributed by atoms with E-state index in [1.54, 1.807) is 6.20 Å². The largest absolute Gasteiger partial charge is 0.494 e. The molecule has 8 heteroatoms. The summed E-state index contributed by atoms with van der Waals surface area (Å²) in [5, 5.41) is 10.3. The first-order valence-corrected chi connectivity index (χ1v) is 9.72. The van der Waals surface area contributed by atoms with E-state index in [1.165, 1.54) is 0 Å². The normalized spacial score (nSPS) is 11.0. The van der Waals surface area contributed by atoms with Crippen LogP contribution in [-0.4, -0.2) is 23.3 Å². The van der Waals surface area contributed by atoms with E-state index in [2.05, 4.69) is 10.5 Å². The molecule has 0 atom stereocenters. The Morgan fingerprint density at radius 2 is 2.00 bits per heavy atom. The van der Waals surface area contributed by atoms with Crippen LogP contribution in [0.4, 0.5) is 0 Å². The smallest absolute Gasteiger partial charge is 0.307 e. The summed E-state index contributed by atoms with van der Waals surface area (Å²) in [5.74, 6) is 0.651. The molecule has 1 heterocycles. The quantitative estimate of drug-likeness (QED) is 0.362. The fraction of sp³-hybridized carbons (Fsp3) is 0.150. The van der Waals surface area contributed by atoms with E-state index >= 15 is 0 Å². The maximum atomic E-state index is 11.2. The lowest BCUT2D eigenvalue weighted by Crippen LogP contribution is -2.13. The van der Waals surface area contributed by atoms with E-state index in [9.17, 15) is 9.90 Å². The summed E-state index contributed by atoms with van der Waals surface area (Å²) < 4.78 is 5.61. The van der Waals surface area contributed by atoms with Gasteiger partial charge in [0.15, 0.2) is 0 Å². The number of halogens is 1. The molecule has 0 saturated carbocycles. The molecule has 0 saturated heterocycles. The van der Waals surface area contributed by atoms with Crippen molar-refractivity contribution >= 4 is 29.0 Å². The van der Waals surface area contributed by atoms with E-state index in [1.807, 2.05) is 54.6 Å². The van der Waals surface area contributed by atoms with Gasteiger partial charge in [-0.15, -0.1) is 0 Å². The summed E-state index contributed by atoms with van der Waals surface area (Å²) >= 11 is 6.92. The monoisotopic (exact) mass is 418 g/mol. The Hall–Kier alpha value is -2.74. The number of rotatable bonds is 9. The molecule has 3 N–H and O–H groups in total. The predicted molar refractivity (Wildman–Crippen MR) is 111 cm³/mol. The predicted octanol–water partition coefficient (Wildman–Crippen LogP) is 3.96. The van der Waals surface area contributed by atoms with Gasteiger partial charge >= 0.3 is 4.87 Å². The topological polar surface area (TPSA) is 83.6 Å². The van der Waals surface area contributed by atoms with E-state index < -0.39 is 0 Å². The maximum absolute atomic E-state index is 11.2. The van der Waals surface area contributed by atoms with Crippen molar-refractivity contribution in [2.75, 3.05) is 13.2 Å². The lowest BCUT2D eigenvalue weighted by Gasteiger charge is -2.07. The third-order valence-electron chi connectivity index (χ3n) is 3.72. The van der Waals surface area contributed by atoms with Gasteiger partial charge in [0.25, 0.3) is 0 Å². The highest BCUT2D eigenvalue weighted by molar-refractivity contribution is 7.09. The van der Waals surface area contributed by atoms with Gasteiger partial charge in [-0.3, -0.25) is 20.1 Å². The average molecular weight is 419 g/mol. The van der Waals surface area contributed by atoms with Crippen molar-refractivity contribution in [3.63, 3.8) is 0 Å². The molecule has 146 valence electrons. The minimum atomic E-state index is -0.261. The second-order valence-electron chi connectivity index (χ2n) is 5.81. The molecule has 1 aromatic heterocycles. The Labute approximate surface area is 171 Å². The molecule has 3 aromatic rings. The van der Waals surface area contributed by atoms with Crippen LogP contribution in [0.3, 0.4) is 0 Å². The first kappa shape index (κ1) is 20.0. The van der Waals surface area contributed by atoms with Gasteiger partial charge in [-0.2, -0.15) is 0 Å². The molecule has 0 amide bonds. The van der Waals surface area contributed by atoms with Crippen molar-refractivity contribution in [1.82, 2.24) is 10.5 Å². The van der Waals surface area contributed by atoms with Crippen LogP contribution in [-0.2, 0) is 11.3 Å². The number of hydrogen-bond donors (Lipinski definition) is 3. The van der Waals surface area contributed by atoms with E-state index in [0.717, 1.165) is 22.5 Å². The van der Waals surface area contributed by atoms with Crippen LogP contribution in [0, 0.1) is 0 Å². The van der Waals surface area contributed by atoms with Crippen LogP contribution in [0.25, 0.3) is 6.08 Å². The van der Waals surface area contributed by atoms with Gasteiger partial charge in [-0.25, -0.2) is 0 Å². The SMILES string of the molecule is O=c1[nH]c(O)c(Cc2ccc(OCCONC=Cc3cccc(Cl)c3)cc2)s1. The van der Waals surface area contributed by atoms with Gasteiger partial charge in [0, 0.05) is 17.6 Å². The first-order valence-electron chi connectivity index (χ1n) is 8.52. The Morgan fingerprint density at radius 1 is 1.18 bits per heavy atom. The first-order chi connectivity index (χ1) is 13.6. The van der Waals surface area contributed by atoms with Crippen LogP contribution < -0.4 is 15.1 Å². The third-order valence-corrected chi connectivity index (χ3v) is 4.83. The summed E-state index contributed by atoms with van der Waals surface area (Å²) in [6.07, 6.45) is 4.02. The number of thiazole rings is 1. The average Bonchev–Trinajstić information content (AvgIpc) is 2.99. The van der Waals surface area contributed by atoms with E-state index in [-0.39, 0.29) is 10.8 Å². The number of aromatic hydroxyl groups is 1. The molecule has 0 fully saturated rings. The van der Waals surface area contributed by atoms with Crippen molar-refractivity contribution in [2.45, 2.75) is 6.42 Å². The number of H-pyrrole nitrogens is 1. The molecule has 0 aliphatic heterocycles. The highest BCUT2D eigenvalue weighted by Crippen LogP contribution is 2.21. The Balaban J connectivity index is 1.36. The summed E-state index contributed by atoms with van der Waals surface area (Å²) in [6, 6.07) is 15.0. The lowest BCUT2D eigenvalue weighted by molar-refractivity contribution is 0.0484. The summed E-state index contributed by atoms with van der Waals surface area (Å²) in [5.41, 5.74) is 4.68. The molecule has 0 unspecified atom stereocenters. The summed E-state index contributed by atoms with van der Waals surface area (Å²) in [7, 11) is 0. The van der Waals surface area contributed by atoms with E-state index in [4.69, 9.17) is 21.2 Å². The summed E-state index contributed by atoms with van der Waals surface area (Å²) in [6.45, 7) is 0.754. The Kier molecular flexibility index (Phi) is 7.13. The van der Waals surface area contributed by atoms with Gasteiger partial charge < -0.3 is 9.84 Å². The fourth-order valence-electron chi connectivity index (χ4n) is 2.41. The Bertz CT molecular complexity index is 982. The lowest BCUT2D eigenvalue weighted by atomic mass is 10.1. The third kappa shape index (κ3) is 6.16. The second-order valence-corrected chi connectivity index (χ2v) is 7.31. The minimum Gasteiger partial charge on any atom is -0.494 e. The van der Waals surface area contributed by atoms with Crippen LogP contribution in [0.15, 0.2) is 59.5 Å². The molecule has 0 radical (unpaired) electrons. The molecule has 3 rings (SSSR count). The van der Waals surface area contributed by atoms with Gasteiger partial charge in [-0.1, -0.05) is 47.2 Å². The molecule has 0 aliphatic carbocycles. The number of nitrogens with one attached hydrogen (secondary N) is 2. The molecule has 0 spiro atoms. The van der Waals surface area contributed by atoms with Gasteiger partial charge in [-0.05, 0) is 41.5 Å². The van der Waals surface area contributed by atoms with Gasteiger partial charge in [0.2, 0.25) is 5.88 Å². The van der Waals surface area contributed by atoms with Crippen LogP contribution in [0.5, 0.6) is 11.6 Å². The maximum Gasteiger partial charge on any atom is 0.307 e. The molecule has 2 aromatic carbocycles. The fourth-order valence-corrected chi connectivity index (χ4v) is 3.37. The standard InChI is InChI=1S/C20H19ClN2O4S/c21-16-3-1-2-14(12-16)8-9-22-27-11-10-26-17-6-4-15(5-7-17)13-18-19(24)23-20(25)28-18/h1-9,12,22,24H,10-11,13H2,(H,23,25). The zero-order valence-electron chi connectivity index (χ0n) is 14.9. The molecule has 28 heavy (non-hydrogen) atoms. The number of ether oxygens (including phenoxy) is 1. The van der Waals surface area contributed by atoms with Crippen molar-refractivity contribution in [1.29, 1.82) is 0 Å². The van der Waals surface area contributed by atoms with Crippen molar-refractivity contribution in [3.05, 3.63) is 85.4 Å². The van der Waals surface area contributed by atoms with Gasteiger partial charge in [0.05, 0.1) is 4.88 Å². The van der Waals surface area contributed by atoms with Crippen molar-refractivity contribution in [3.8, 4) is 11.6 Å². The number of hydroxylamine groups is 1. The number of hydrogen-bond acceptors (Lipinski definition) is 6.